The summed E-state index contributed by atoms with van der Waals surface area (Å²) in [5, 5.41) is 9.08. The van der Waals surface area contributed by atoms with Gasteiger partial charge in [-0.05, 0) is 23.8 Å². The minimum absolute atomic E-state index is 0.150. The predicted molar refractivity (Wildman–Crippen MR) is 93.8 cm³/mol. The maximum absolute atomic E-state index is 13.1. The molecule has 28 heavy (non-hydrogen) atoms. The van der Waals surface area contributed by atoms with E-state index in [1.165, 1.54) is 12.1 Å². The van der Waals surface area contributed by atoms with Crippen molar-refractivity contribution in [3.05, 3.63) is 65.7 Å². The number of likely N-dealkylation sites (tertiary alicyclic amines) is 1. The van der Waals surface area contributed by atoms with Gasteiger partial charge in [-0.2, -0.15) is 13.2 Å². The first-order chi connectivity index (χ1) is 13.3. The summed E-state index contributed by atoms with van der Waals surface area (Å²) in [4.78, 5) is 24.7. The van der Waals surface area contributed by atoms with Crippen molar-refractivity contribution < 1.29 is 32.6 Å². The van der Waals surface area contributed by atoms with Gasteiger partial charge in [0.1, 0.15) is 12.4 Å². The van der Waals surface area contributed by atoms with Gasteiger partial charge in [0.2, 0.25) is 0 Å². The highest BCUT2D eigenvalue weighted by Crippen LogP contribution is 2.38. The largest absolute Gasteiger partial charge is 0.489 e. The van der Waals surface area contributed by atoms with E-state index < -0.39 is 43.0 Å². The van der Waals surface area contributed by atoms with Gasteiger partial charge in [0.25, 0.3) is 5.91 Å². The van der Waals surface area contributed by atoms with Crippen LogP contribution in [0.5, 0.6) is 5.75 Å². The predicted octanol–water partition coefficient (Wildman–Crippen LogP) is 3.60. The molecule has 2 atom stereocenters. The van der Waals surface area contributed by atoms with Crippen LogP contribution in [0.25, 0.3) is 0 Å². The van der Waals surface area contributed by atoms with Crippen molar-refractivity contribution in [1.29, 1.82) is 0 Å². The van der Waals surface area contributed by atoms with E-state index in [-0.39, 0.29) is 12.2 Å². The lowest BCUT2D eigenvalue weighted by molar-refractivity contribution is -0.187. The summed E-state index contributed by atoms with van der Waals surface area (Å²) in [6, 6.07) is 15.5. The van der Waals surface area contributed by atoms with Crippen LogP contribution >= 0.6 is 0 Å². The van der Waals surface area contributed by atoms with Crippen molar-refractivity contribution in [2.45, 2.75) is 12.8 Å². The molecule has 2 aromatic carbocycles. The molecule has 8 heteroatoms. The zero-order valence-electron chi connectivity index (χ0n) is 14.7. The molecule has 0 unspecified atom stereocenters. The summed E-state index contributed by atoms with van der Waals surface area (Å²) in [7, 11) is 0. The minimum atomic E-state index is -4.68. The molecule has 0 radical (unpaired) electrons. The third-order valence-corrected chi connectivity index (χ3v) is 4.67. The van der Waals surface area contributed by atoms with Crippen molar-refractivity contribution in [3.63, 3.8) is 0 Å². The van der Waals surface area contributed by atoms with E-state index in [1.807, 2.05) is 30.3 Å². The normalized spacial score (nSPS) is 19.5. The number of carbonyl (C=O) groups excluding carboxylic acids is 1. The van der Waals surface area contributed by atoms with Crippen molar-refractivity contribution in [2.75, 3.05) is 13.1 Å². The van der Waals surface area contributed by atoms with Crippen LogP contribution in [0.2, 0.25) is 0 Å². The Labute approximate surface area is 159 Å². The molecule has 0 bridgehead atoms. The average molecular weight is 393 g/mol. The second kappa shape index (κ2) is 7.92. The van der Waals surface area contributed by atoms with E-state index in [4.69, 9.17) is 9.84 Å². The first-order valence-electron chi connectivity index (χ1n) is 8.61. The molecular weight excluding hydrogens is 375 g/mol. The molecule has 1 aliphatic heterocycles. The van der Waals surface area contributed by atoms with E-state index in [0.717, 1.165) is 10.5 Å². The SMILES string of the molecule is O=C(O)[C@@H]1CN(C(=O)c2cccc(OCc3ccccc3)c2)C[C@H]1C(F)(F)F. The third kappa shape index (κ3) is 4.44. The summed E-state index contributed by atoms with van der Waals surface area (Å²) in [6.45, 7) is -0.874. The molecule has 0 spiro atoms. The van der Waals surface area contributed by atoms with Crippen molar-refractivity contribution in [3.8, 4) is 5.75 Å². The van der Waals surface area contributed by atoms with Gasteiger partial charge in [-0.1, -0.05) is 36.4 Å². The van der Waals surface area contributed by atoms with E-state index in [2.05, 4.69) is 0 Å². The van der Waals surface area contributed by atoms with Gasteiger partial charge in [0, 0.05) is 18.7 Å². The molecule has 5 nitrogen and oxygen atoms in total. The van der Waals surface area contributed by atoms with Crippen LogP contribution in [0.15, 0.2) is 54.6 Å². The Kier molecular flexibility index (Phi) is 5.58. The second-order valence-electron chi connectivity index (χ2n) is 6.61. The molecule has 1 heterocycles. The highest BCUT2D eigenvalue weighted by atomic mass is 19.4. The van der Waals surface area contributed by atoms with Crippen LogP contribution in [0.1, 0.15) is 15.9 Å². The molecule has 3 rings (SSSR count). The summed E-state index contributed by atoms with van der Waals surface area (Å²) in [5.74, 6) is -5.55. The topological polar surface area (TPSA) is 66.8 Å². The number of hydrogen-bond donors (Lipinski definition) is 1. The van der Waals surface area contributed by atoms with Gasteiger partial charge in [-0.15, -0.1) is 0 Å². The molecule has 0 saturated carbocycles. The number of alkyl halides is 3. The molecule has 1 saturated heterocycles. The van der Waals surface area contributed by atoms with Gasteiger partial charge >= 0.3 is 12.1 Å². The number of hydrogen-bond acceptors (Lipinski definition) is 3. The average Bonchev–Trinajstić information content (AvgIpc) is 3.13. The summed E-state index contributed by atoms with van der Waals surface area (Å²) >= 11 is 0. The van der Waals surface area contributed by atoms with E-state index in [9.17, 15) is 22.8 Å². The molecular formula is C20H18F3NO4. The number of aliphatic carboxylic acids is 1. The number of benzene rings is 2. The van der Waals surface area contributed by atoms with Gasteiger partial charge in [-0.25, -0.2) is 0 Å². The number of amides is 1. The van der Waals surface area contributed by atoms with Crippen molar-refractivity contribution in [1.82, 2.24) is 4.90 Å². The molecule has 1 N–H and O–H groups in total. The summed E-state index contributed by atoms with van der Waals surface area (Å²) < 4.78 is 45.0. The van der Waals surface area contributed by atoms with Gasteiger partial charge in [0.15, 0.2) is 0 Å². The molecule has 0 aromatic heterocycles. The number of carboxylic acids is 1. The fraction of sp³-hybridized carbons (Fsp3) is 0.300. The van der Waals surface area contributed by atoms with Crippen molar-refractivity contribution in [2.24, 2.45) is 11.8 Å². The number of carboxylic acid groups (broad SMARTS) is 1. The fourth-order valence-corrected chi connectivity index (χ4v) is 3.19. The van der Waals surface area contributed by atoms with Gasteiger partial charge in [-0.3, -0.25) is 9.59 Å². The van der Waals surface area contributed by atoms with E-state index in [0.29, 0.717) is 5.75 Å². The molecule has 1 fully saturated rings. The minimum Gasteiger partial charge on any atom is -0.489 e. The molecule has 1 amide bonds. The number of halogens is 3. The summed E-state index contributed by atoms with van der Waals surface area (Å²) in [5.41, 5.74) is 1.08. The van der Waals surface area contributed by atoms with E-state index in [1.54, 1.807) is 12.1 Å². The van der Waals surface area contributed by atoms with Crippen LogP contribution in [-0.2, 0) is 11.4 Å². The number of ether oxygens (including phenoxy) is 1. The maximum atomic E-state index is 13.1. The van der Waals surface area contributed by atoms with Gasteiger partial charge in [0.05, 0.1) is 11.8 Å². The van der Waals surface area contributed by atoms with Crippen LogP contribution in [0, 0.1) is 11.8 Å². The Balaban J connectivity index is 1.71. The standard InChI is InChI=1S/C20H18F3NO4/c21-20(22,23)17-11-24(10-16(17)19(26)27)18(25)14-7-4-8-15(9-14)28-12-13-5-2-1-3-6-13/h1-9,16-17H,10-12H2,(H,26,27)/t16-,17-/m1/s1. The second-order valence-corrected chi connectivity index (χ2v) is 6.61. The van der Waals surface area contributed by atoms with E-state index >= 15 is 0 Å². The van der Waals surface area contributed by atoms with Gasteiger partial charge < -0.3 is 14.7 Å². The first kappa shape index (κ1) is 19.7. The molecule has 2 aromatic rings. The number of rotatable bonds is 5. The Morgan fingerprint density at radius 3 is 2.39 bits per heavy atom. The highest BCUT2D eigenvalue weighted by molar-refractivity contribution is 5.95. The Morgan fingerprint density at radius 1 is 1.07 bits per heavy atom. The zero-order valence-corrected chi connectivity index (χ0v) is 14.7. The Bertz CT molecular complexity index is 854. The van der Waals surface area contributed by atoms with Crippen LogP contribution in [0.4, 0.5) is 13.2 Å². The lowest BCUT2D eigenvalue weighted by Crippen LogP contribution is -2.34. The Morgan fingerprint density at radius 2 is 1.79 bits per heavy atom. The fourth-order valence-electron chi connectivity index (χ4n) is 3.19. The molecule has 0 aliphatic carbocycles. The third-order valence-electron chi connectivity index (χ3n) is 4.67. The molecule has 1 aliphatic rings. The number of carbonyl (C=O) groups is 2. The van der Waals surface area contributed by atoms with Crippen LogP contribution < -0.4 is 4.74 Å². The molecule has 148 valence electrons. The lowest BCUT2D eigenvalue weighted by atomic mass is 9.96. The first-order valence-corrected chi connectivity index (χ1v) is 8.61. The highest BCUT2D eigenvalue weighted by Gasteiger charge is 2.53. The quantitative estimate of drug-likeness (QED) is 0.843. The van der Waals surface area contributed by atoms with Crippen molar-refractivity contribution >= 4 is 11.9 Å². The smallest absolute Gasteiger partial charge is 0.394 e. The van der Waals surface area contributed by atoms with Crippen LogP contribution in [0.3, 0.4) is 0 Å². The maximum Gasteiger partial charge on any atom is 0.394 e. The monoisotopic (exact) mass is 393 g/mol. The Hall–Kier alpha value is -3.03. The summed E-state index contributed by atoms with van der Waals surface area (Å²) in [6.07, 6.45) is -4.68. The lowest BCUT2D eigenvalue weighted by Gasteiger charge is -2.18. The van der Waals surface area contributed by atoms with Crippen LogP contribution in [-0.4, -0.2) is 41.1 Å². The number of nitrogens with zero attached hydrogens (tertiary/aromatic N) is 1. The zero-order chi connectivity index (χ0) is 20.3.